The second-order valence-corrected chi connectivity index (χ2v) is 6.08. The van der Waals surface area contributed by atoms with E-state index in [2.05, 4.69) is 17.2 Å². The van der Waals surface area contributed by atoms with Gasteiger partial charge in [0.15, 0.2) is 0 Å². The molecule has 0 saturated heterocycles. The molecular weight excluding hydrogens is 348 g/mol. The van der Waals surface area contributed by atoms with Crippen LogP contribution in [0, 0.1) is 0 Å². The molecule has 0 aromatic heterocycles. The number of hydrogen-bond acceptors (Lipinski definition) is 6. The molecule has 160 valence electrons. The van der Waals surface area contributed by atoms with E-state index in [0.29, 0.717) is 65.8 Å². The van der Waals surface area contributed by atoms with Crippen LogP contribution in [0.3, 0.4) is 0 Å². The highest BCUT2D eigenvalue weighted by Gasteiger charge is 2.00. The van der Waals surface area contributed by atoms with Crippen LogP contribution >= 0.6 is 0 Å². The monoisotopic (exact) mass is 388 g/mol. The molecule has 0 fully saturated rings. The summed E-state index contributed by atoms with van der Waals surface area (Å²) in [5, 5.41) is 2.87. The molecule has 0 saturated carbocycles. The summed E-state index contributed by atoms with van der Waals surface area (Å²) in [5.41, 5.74) is 0. The molecule has 7 heteroatoms. The van der Waals surface area contributed by atoms with E-state index in [0.717, 1.165) is 25.8 Å². The van der Waals surface area contributed by atoms with Crippen LogP contribution in [-0.4, -0.2) is 78.1 Å². The fourth-order valence-corrected chi connectivity index (χ4v) is 2.18. The number of hydrogen-bond donors (Lipinski definition) is 1. The van der Waals surface area contributed by atoms with Gasteiger partial charge in [-0.15, -0.1) is 0 Å². The maximum Gasteiger partial charge on any atom is 0.220 e. The van der Waals surface area contributed by atoms with Gasteiger partial charge in [-0.2, -0.15) is 0 Å². The second-order valence-electron chi connectivity index (χ2n) is 6.08. The number of carbonyl (C=O) groups excluding carboxylic acids is 1. The van der Waals surface area contributed by atoms with Crippen molar-refractivity contribution in [3.63, 3.8) is 0 Å². The summed E-state index contributed by atoms with van der Waals surface area (Å²) < 4.78 is 21.6. The Morgan fingerprint density at radius 1 is 0.815 bits per heavy atom. The second kappa shape index (κ2) is 23.0. The minimum Gasteiger partial charge on any atom is -0.379 e. The Labute approximate surface area is 165 Å². The highest BCUT2D eigenvalue weighted by molar-refractivity contribution is 5.75. The first kappa shape index (κ1) is 26.0. The highest BCUT2D eigenvalue weighted by Crippen LogP contribution is 2.01. The predicted octanol–water partition coefficient (Wildman–Crippen LogP) is 2.62. The quantitative estimate of drug-likeness (QED) is 0.242. The van der Waals surface area contributed by atoms with Gasteiger partial charge in [0, 0.05) is 32.1 Å². The summed E-state index contributed by atoms with van der Waals surface area (Å²) >= 11 is 0. The van der Waals surface area contributed by atoms with Crippen molar-refractivity contribution < 1.29 is 23.7 Å². The first-order chi connectivity index (χ1) is 13.3. The van der Waals surface area contributed by atoms with Gasteiger partial charge in [-0.25, -0.2) is 0 Å². The zero-order chi connectivity index (χ0) is 19.8. The van der Waals surface area contributed by atoms with Crippen molar-refractivity contribution >= 4 is 12.1 Å². The molecule has 0 bridgehead atoms. The number of nitrogens with zero attached hydrogens (tertiary/aromatic N) is 1. The maximum absolute atomic E-state index is 11.5. The van der Waals surface area contributed by atoms with Gasteiger partial charge in [0.2, 0.25) is 5.91 Å². The van der Waals surface area contributed by atoms with Gasteiger partial charge in [0.25, 0.3) is 0 Å². The molecule has 0 heterocycles. The highest BCUT2D eigenvalue weighted by atomic mass is 16.6. The summed E-state index contributed by atoms with van der Waals surface area (Å²) in [6.07, 6.45) is 7.83. The van der Waals surface area contributed by atoms with Gasteiger partial charge in [0.05, 0.1) is 52.9 Å². The number of rotatable bonds is 21. The van der Waals surface area contributed by atoms with Crippen molar-refractivity contribution in [2.45, 2.75) is 52.4 Å². The Hall–Kier alpha value is -1.02. The van der Waals surface area contributed by atoms with E-state index in [1.807, 2.05) is 13.1 Å². The van der Waals surface area contributed by atoms with Crippen molar-refractivity contribution in [1.82, 2.24) is 5.32 Å². The Kier molecular flexibility index (Phi) is 22.2. The molecular formula is C20H40N2O5. The Morgan fingerprint density at radius 3 is 2.00 bits per heavy atom. The van der Waals surface area contributed by atoms with Gasteiger partial charge < -0.3 is 24.3 Å². The number of nitrogens with one attached hydrogen (secondary N) is 1. The third-order valence-electron chi connectivity index (χ3n) is 3.64. The maximum atomic E-state index is 11.5. The average Bonchev–Trinajstić information content (AvgIpc) is 2.67. The molecule has 0 unspecified atom stereocenters. The normalized spacial score (nSPS) is 11.3. The van der Waals surface area contributed by atoms with Crippen LogP contribution in [0.15, 0.2) is 4.99 Å². The van der Waals surface area contributed by atoms with Crippen molar-refractivity contribution in [3.8, 4) is 0 Å². The molecule has 7 nitrogen and oxygen atoms in total. The molecule has 0 spiro atoms. The summed E-state index contributed by atoms with van der Waals surface area (Å²) in [5.74, 6) is 0.112. The standard InChI is InChI=1S/C20H40N2O5/c1-3-5-6-7-9-20(23)22-11-13-25-15-17-27-19-18-26-16-14-24-12-8-10-21-4-2/h10H,3-9,11-19H2,1-2H3,(H,22,23). The summed E-state index contributed by atoms with van der Waals surface area (Å²) in [7, 11) is 0. The Bertz CT molecular complexity index is 340. The lowest BCUT2D eigenvalue weighted by atomic mass is 10.1. The van der Waals surface area contributed by atoms with E-state index < -0.39 is 0 Å². The lowest BCUT2D eigenvalue weighted by molar-refractivity contribution is -0.121. The average molecular weight is 389 g/mol. The minimum absolute atomic E-state index is 0.112. The smallest absolute Gasteiger partial charge is 0.220 e. The van der Waals surface area contributed by atoms with Gasteiger partial charge >= 0.3 is 0 Å². The molecule has 27 heavy (non-hydrogen) atoms. The van der Waals surface area contributed by atoms with Gasteiger partial charge in [-0.05, 0) is 13.3 Å². The number of unbranched alkanes of at least 4 members (excludes halogenated alkanes) is 3. The van der Waals surface area contributed by atoms with Gasteiger partial charge in [0.1, 0.15) is 0 Å². The summed E-state index contributed by atoms with van der Waals surface area (Å²) in [6, 6.07) is 0. The van der Waals surface area contributed by atoms with Crippen molar-refractivity contribution in [2.24, 2.45) is 4.99 Å². The van der Waals surface area contributed by atoms with Crippen LogP contribution in [0.1, 0.15) is 52.4 Å². The van der Waals surface area contributed by atoms with E-state index in [1.165, 1.54) is 12.8 Å². The van der Waals surface area contributed by atoms with Crippen LogP contribution in [0.25, 0.3) is 0 Å². The third-order valence-corrected chi connectivity index (χ3v) is 3.64. The first-order valence-electron chi connectivity index (χ1n) is 10.4. The molecule has 1 N–H and O–H groups in total. The molecule has 0 aliphatic carbocycles. The fraction of sp³-hybridized carbons (Fsp3) is 0.900. The molecule has 0 rings (SSSR count). The lowest BCUT2D eigenvalue weighted by Gasteiger charge is -2.08. The first-order valence-corrected chi connectivity index (χ1v) is 10.4. The van der Waals surface area contributed by atoms with Crippen LogP contribution in [0.5, 0.6) is 0 Å². The zero-order valence-corrected chi connectivity index (χ0v) is 17.4. The third kappa shape index (κ3) is 22.9. The van der Waals surface area contributed by atoms with Crippen LogP contribution < -0.4 is 5.32 Å². The van der Waals surface area contributed by atoms with Crippen molar-refractivity contribution in [2.75, 3.05) is 65.9 Å². The van der Waals surface area contributed by atoms with E-state index in [-0.39, 0.29) is 5.91 Å². The van der Waals surface area contributed by atoms with Crippen molar-refractivity contribution in [1.29, 1.82) is 0 Å². The van der Waals surface area contributed by atoms with E-state index in [9.17, 15) is 4.79 Å². The molecule has 0 aromatic carbocycles. The van der Waals surface area contributed by atoms with Gasteiger partial charge in [-0.3, -0.25) is 9.79 Å². The molecule has 1 amide bonds. The van der Waals surface area contributed by atoms with Crippen molar-refractivity contribution in [3.05, 3.63) is 0 Å². The lowest BCUT2D eigenvalue weighted by Crippen LogP contribution is -2.27. The van der Waals surface area contributed by atoms with E-state index >= 15 is 0 Å². The SMILES string of the molecule is CCCCCCC(=O)NCCOCCOCCOCCOCCC=NCC. The number of amides is 1. The van der Waals surface area contributed by atoms with Gasteiger partial charge in [-0.1, -0.05) is 26.2 Å². The van der Waals surface area contributed by atoms with Crippen LogP contribution in [0.4, 0.5) is 0 Å². The summed E-state index contributed by atoms with van der Waals surface area (Å²) in [4.78, 5) is 15.7. The number of carbonyl (C=O) groups is 1. The number of ether oxygens (including phenoxy) is 4. The summed E-state index contributed by atoms with van der Waals surface area (Å²) in [6.45, 7) is 10.1. The van der Waals surface area contributed by atoms with Crippen LogP contribution in [-0.2, 0) is 23.7 Å². The molecule has 0 atom stereocenters. The number of aliphatic imine (C=N–C) groups is 1. The Morgan fingerprint density at radius 2 is 1.41 bits per heavy atom. The molecule has 0 aromatic rings. The minimum atomic E-state index is 0.112. The van der Waals surface area contributed by atoms with Crippen LogP contribution in [0.2, 0.25) is 0 Å². The molecule has 0 radical (unpaired) electrons. The fourth-order valence-electron chi connectivity index (χ4n) is 2.18. The molecule has 0 aliphatic heterocycles. The topological polar surface area (TPSA) is 78.4 Å². The largest absolute Gasteiger partial charge is 0.379 e. The van der Waals surface area contributed by atoms with E-state index in [1.54, 1.807) is 0 Å². The predicted molar refractivity (Wildman–Crippen MR) is 109 cm³/mol. The van der Waals surface area contributed by atoms with E-state index in [4.69, 9.17) is 18.9 Å². The zero-order valence-electron chi connectivity index (χ0n) is 17.4. The molecule has 0 aliphatic rings. The Balaban J connectivity index is 3.10.